The Hall–Kier alpha value is -3.28. The molecular weight excluding hydrogens is 733 g/mol. The van der Waals surface area contributed by atoms with Gasteiger partial charge in [0.15, 0.2) is 23.1 Å². The van der Waals surface area contributed by atoms with Crippen molar-refractivity contribution in [3.05, 3.63) is 58.5 Å². The minimum absolute atomic E-state index is 0.0552. The number of nitrogens with one attached hydrogen (secondary N) is 1. The summed E-state index contributed by atoms with van der Waals surface area (Å²) in [7, 11) is 2.04. The van der Waals surface area contributed by atoms with Gasteiger partial charge in [0.05, 0.1) is 9.75 Å². The molecule has 0 aliphatic carbocycles. The quantitative estimate of drug-likeness (QED) is 0.0797. The molecule has 0 spiro atoms. The number of ketones is 2. The Balaban J connectivity index is 0.000000204. The number of Topliss-reactive ketones (excluding diaryl/α,β-unsaturated/α-hetero) is 2. The predicted molar refractivity (Wildman–Crippen MR) is 198 cm³/mol. The molecule has 290 valence electrons. The van der Waals surface area contributed by atoms with Crippen LogP contribution in [0.4, 0.5) is 17.6 Å². The fraction of sp³-hybridized carbons (Fsp3) is 0.568. The van der Waals surface area contributed by atoms with Crippen LogP contribution in [0.15, 0.2) is 56.2 Å². The maximum absolute atomic E-state index is 14.1. The summed E-state index contributed by atoms with van der Waals surface area (Å²) in [5.74, 6) is -4.92. The van der Waals surface area contributed by atoms with Crippen LogP contribution >= 0.6 is 22.7 Å². The first-order valence-electron chi connectivity index (χ1n) is 18.1. The molecule has 0 aromatic carbocycles. The third-order valence-corrected chi connectivity index (χ3v) is 11.2. The second kappa shape index (κ2) is 19.9. The van der Waals surface area contributed by atoms with Crippen molar-refractivity contribution in [2.45, 2.75) is 63.2 Å². The third kappa shape index (κ3) is 13.5. The lowest BCUT2D eigenvalue weighted by Crippen LogP contribution is -2.45. The van der Waals surface area contributed by atoms with Crippen molar-refractivity contribution in [3.8, 4) is 21.3 Å². The lowest BCUT2D eigenvalue weighted by atomic mass is 10.0. The highest BCUT2D eigenvalue weighted by Gasteiger charge is 2.31. The summed E-state index contributed by atoms with van der Waals surface area (Å²) >= 11 is 2.98. The number of nitrogens with zero attached hydrogens (tertiary/aromatic N) is 5. The molecule has 0 bridgehead atoms. The number of halogens is 4. The molecule has 6 heterocycles. The number of thiophene rings is 2. The van der Waals surface area contributed by atoms with Crippen LogP contribution in [0, 0.1) is 0 Å². The van der Waals surface area contributed by atoms with Gasteiger partial charge in [0.2, 0.25) is 11.8 Å². The molecule has 6 rings (SSSR count). The molecule has 2 aliphatic rings. The highest BCUT2D eigenvalue weighted by molar-refractivity contribution is 7.13. The third-order valence-electron chi connectivity index (χ3n) is 9.41. The van der Waals surface area contributed by atoms with Crippen molar-refractivity contribution in [1.82, 2.24) is 30.3 Å². The van der Waals surface area contributed by atoms with E-state index in [0.717, 1.165) is 62.1 Å². The Morgan fingerprint density at radius 3 is 1.60 bits per heavy atom. The molecule has 4 aromatic heterocycles. The number of aromatic nitrogens is 2. The summed E-state index contributed by atoms with van der Waals surface area (Å²) in [4.78, 5) is 32.4. The normalized spacial score (nSPS) is 16.4. The predicted octanol–water partition coefficient (Wildman–Crippen LogP) is 7.72. The Morgan fingerprint density at radius 1 is 0.717 bits per heavy atom. The lowest BCUT2D eigenvalue weighted by molar-refractivity contribution is -0.0284. The van der Waals surface area contributed by atoms with Gasteiger partial charge in [0, 0.05) is 116 Å². The van der Waals surface area contributed by atoms with E-state index in [2.05, 4.69) is 30.3 Å². The largest absolute Gasteiger partial charge is 0.355 e. The van der Waals surface area contributed by atoms with Crippen LogP contribution in [0.25, 0.3) is 21.3 Å². The van der Waals surface area contributed by atoms with Crippen molar-refractivity contribution < 1.29 is 36.2 Å². The van der Waals surface area contributed by atoms with Crippen LogP contribution in [0.1, 0.15) is 72.3 Å². The highest BCUT2D eigenvalue weighted by Crippen LogP contribution is 2.30. The smallest absolute Gasteiger partial charge is 0.249 e. The molecule has 0 unspecified atom stereocenters. The number of likely N-dealkylation sites (N-methyl/N-ethyl adjacent to an activating group) is 1. The van der Waals surface area contributed by atoms with Crippen molar-refractivity contribution in [3.63, 3.8) is 0 Å². The van der Waals surface area contributed by atoms with E-state index in [1.54, 1.807) is 12.1 Å². The summed E-state index contributed by atoms with van der Waals surface area (Å²) in [5.41, 5.74) is 0.414. The topological polar surface area (TPSA) is 108 Å². The summed E-state index contributed by atoms with van der Waals surface area (Å²) in [6, 6.07) is 10.7. The average molecular weight is 781 g/mol. The molecule has 10 nitrogen and oxygen atoms in total. The maximum atomic E-state index is 14.1. The van der Waals surface area contributed by atoms with E-state index in [-0.39, 0.29) is 74.3 Å². The number of hydrogen-bond donors (Lipinski definition) is 1. The molecule has 0 amide bonds. The van der Waals surface area contributed by atoms with Gasteiger partial charge in [0.1, 0.15) is 11.4 Å². The second-order valence-electron chi connectivity index (χ2n) is 13.6. The number of carbonyl (C=O) groups is 2. The van der Waals surface area contributed by atoms with Gasteiger partial charge in [-0.1, -0.05) is 22.4 Å². The number of alkyl halides is 4. The summed E-state index contributed by atoms with van der Waals surface area (Å²) in [5, 5.41) is 14.6. The standard InChI is InChI=1S/C19H25F2N3O2S.C18H23F2N3O2S/c1-23-9-11-24(12-10-23)8-7-19(20,21)6-2-4-16(25)15-14-17(26-22-15)18-5-3-13-27-18;19-18(20,6-9-23-10-7-21-8-11-23)5-1-3-15(24)14-13-16(25-22-14)17-4-2-12-26-17/h3,5,13-14H,2,4,6-12H2,1H3;2,4,12-13,21H,1,3,5-11H2. The van der Waals surface area contributed by atoms with Gasteiger partial charge in [-0.2, -0.15) is 0 Å². The molecule has 0 saturated carbocycles. The molecular formula is C37H48F4N6O4S2. The first-order valence-corrected chi connectivity index (χ1v) is 19.9. The van der Waals surface area contributed by atoms with Crippen LogP contribution in [0.2, 0.25) is 0 Å². The van der Waals surface area contributed by atoms with Gasteiger partial charge in [-0.15, -0.1) is 22.7 Å². The van der Waals surface area contributed by atoms with E-state index in [0.29, 0.717) is 24.6 Å². The maximum Gasteiger partial charge on any atom is 0.249 e. The zero-order chi connectivity index (χ0) is 37.7. The van der Waals surface area contributed by atoms with E-state index >= 15 is 0 Å². The molecule has 4 aromatic rings. The minimum atomic E-state index is -2.74. The van der Waals surface area contributed by atoms with E-state index in [1.165, 1.54) is 22.7 Å². The molecule has 2 saturated heterocycles. The average Bonchev–Trinajstić information content (AvgIpc) is 3.99. The molecule has 16 heteroatoms. The first-order chi connectivity index (χ1) is 25.5. The Labute approximate surface area is 315 Å². The molecule has 2 aliphatic heterocycles. The lowest BCUT2D eigenvalue weighted by Gasteiger charge is -2.33. The number of piperazine rings is 2. The van der Waals surface area contributed by atoms with Crippen LogP contribution < -0.4 is 5.32 Å². The molecule has 0 atom stereocenters. The van der Waals surface area contributed by atoms with Crippen LogP contribution in [0.3, 0.4) is 0 Å². The fourth-order valence-corrected chi connectivity index (χ4v) is 7.40. The van der Waals surface area contributed by atoms with Crippen molar-refractivity contribution in [2.75, 3.05) is 72.5 Å². The zero-order valence-corrected chi connectivity index (χ0v) is 31.7. The SMILES string of the molecule is CN1CCN(CCC(F)(F)CCCC(=O)c2cc(-c3cccs3)on2)CC1.O=C(CCCC(F)(F)CCN1CCNCC1)c1cc(-c2cccs2)on1. The molecule has 0 radical (unpaired) electrons. The summed E-state index contributed by atoms with van der Waals surface area (Å²) in [6.07, 6.45) is -0.460. The van der Waals surface area contributed by atoms with E-state index in [9.17, 15) is 27.2 Å². The first kappa shape index (κ1) is 40.9. The Kier molecular flexibility index (Phi) is 15.3. The fourth-order valence-electron chi connectivity index (χ4n) is 6.05. The van der Waals surface area contributed by atoms with Crippen LogP contribution in [-0.4, -0.2) is 121 Å². The zero-order valence-electron chi connectivity index (χ0n) is 30.0. The summed E-state index contributed by atoms with van der Waals surface area (Å²) in [6.45, 7) is 7.65. The Morgan fingerprint density at radius 2 is 1.17 bits per heavy atom. The number of rotatable bonds is 18. The number of carbonyl (C=O) groups excluding carboxylic acids is 2. The van der Waals surface area contributed by atoms with Crippen molar-refractivity contribution >= 4 is 34.2 Å². The van der Waals surface area contributed by atoms with E-state index < -0.39 is 11.8 Å². The van der Waals surface area contributed by atoms with Crippen molar-refractivity contribution in [1.29, 1.82) is 0 Å². The van der Waals surface area contributed by atoms with Gasteiger partial charge in [0.25, 0.3) is 0 Å². The monoisotopic (exact) mass is 780 g/mol. The second-order valence-corrected chi connectivity index (χ2v) is 15.5. The van der Waals surface area contributed by atoms with Gasteiger partial charge >= 0.3 is 0 Å². The van der Waals surface area contributed by atoms with Crippen molar-refractivity contribution in [2.24, 2.45) is 0 Å². The van der Waals surface area contributed by atoms with Gasteiger partial charge in [-0.3, -0.25) is 9.59 Å². The molecule has 1 N–H and O–H groups in total. The van der Waals surface area contributed by atoms with Crippen LogP contribution in [0.5, 0.6) is 0 Å². The minimum Gasteiger partial charge on any atom is -0.355 e. The van der Waals surface area contributed by atoms with Gasteiger partial charge in [-0.25, -0.2) is 17.6 Å². The van der Waals surface area contributed by atoms with Gasteiger partial charge < -0.3 is 29.1 Å². The van der Waals surface area contributed by atoms with E-state index in [4.69, 9.17) is 9.05 Å². The Bertz CT molecular complexity index is 1670. The summed E-state index contributed by atoms with van der Waals surface area (Å²) < 4.78 is 66.6. The number of hydrogen-bond acceptors (Lipinski definition) is 12. The van der Waals surface area contributed by atoms with Gasteiger partial charge in [-0.05, 0) is 42.8 Å². The van der Waals surface area contributed by atoms with Crippen LogP contribution in [-0.2, 0) is 0 Å². The highest BCUT2D eigenvalue weighted by atomic mass is 32.1. The molecule has 2 fully saturated rings. The van der Waals surface area contributed by atoms with E-state index in [1.807, 2.05) is 42.1 Å². The molecule has 53 heavy (non-hydrogen) atoms.